The Morgan fingerprint density at radius 1 is 1.31 bits per heavy atom. The van der Waals surface area contributed by atoms with Gasteiger partial charge in [-0.1, -0.05) is 31.3 Å². The number of halogens is 1. The second-order valence-electron chi connectivity index (χ2n) is 4.76. The fourth-order valence-corrected chi connectivity index (χ4v) is 2.91. The van der Waals surface area contributed by atoms with Crippen LogP contribution in [0.15, 0.2) is 4.52 Å². The minimum atomic E-state index is 0.522. The van der Waals surface area contributed by atoms with Gasteiger partial charge < -0.3 is 4.52 Å². The third kappa shape index (κ3) is 3.18. The molecule has 0 aliphatic heterocycles. The molecule has 0 N–H and O–H groups in total. The lowest BCUT2D eigenvalue weighted by atomic mass is 9.80. The van der Waals surface area contributed by atoms with Crippen molar-refractivity contribution in [2.45, 2.75) is 57.8 Å². The Bertz CT molecular complexity index is 319. The zero-order chi connectivity index (χ0) is 11.4. The fourth-order valence-electron chi connectivity index (χ4n) is 2.57. The van der Waals surface area contributed by atoms with Gasteiger partial charge in [-0.3, -0.25) is 0 Å². The van der Waals surface area contributed by atoms with Crippen LogP contribution in [0.25, 0.3) is 0 Å². The van der Waals surface area contributed by atoms with E-state index in [1.165, 1.54) is 44.9 Å². The maximum absolute atomic E-state index is 5.25. The molecule has 2 rings (SSSR count). The average molecular weight is 334 g/mol. The van der Waals surface area contributed by atoms with Crippen LogP contribution in [0.4, 0.5) is 0 Å². The van der Waals surface area contributed by atoms with Gasteiger partial charge in [-0.2, -0.15) is 4.98 Å². The van der Waals surface area contributed by atoms with Crippen molar-refractivity contribution in [2.24, 2.45) is 5.92 Å². The predicted molar refractivity (Wildman–Crippen MR) is 71.2 cm³/mol. The van der Waals surface area contributed by atoms with Crippen LogP contribution < -0.4 is 0 Å². The van der Waals surface area contributed by atoms with Gasteiger partial charge in [0, 0.05) is 28.5 Å². The van der Waals surface area contributed by atoms with Crippen LogP contribution in [0.1, 0.15) is 63.7 Å². The summed E-state index contributed by atoms with van der Waals surface area (Å²) in [7, 11) is 0. The number of hydrogen-bond acceptors (Lipinski definition) is 3. The van der Waals surface area contributed by atoms with E-state index >= 15 is 0 Å². The van der Waals surface area contributed by atoms with Crippen LogP contribution in [0.2, 0.25) is 0 Å². The summed E-state index contributed by atoms with van der Waals surface area (Å²) in [6.07, 6.45) is 9.24. The van der Waals surface area contributed by atoms with E-state index in [9.17, 15) is 0 Å². The molecule has 1 aliphatic rings. The first-order valence-electron chi connectivity index (χ1n) is 6.28. The highest BCUT2D eigenvalue weighted by molar-refractivity contribution is 14.1. The van der Waals surface area contributed by atoms with Gasteiger partial charge in [0.15, 0.2) is 0 Å². The van der Waals surface area contributed by atoms with Crippen LogP contribution >= 0.6 is 22.6 Å². The molecule has 1 heterocycles. The highest BCUT2D eigenvalue weighted by atomic mass is 127. The van der Waals surface area contributed by atoms with Crippen LogP contribution in [0.3, 0.4) is 0 Å². The molecule has 0 bridgehead atoms. The first kappa shape index (κ1) is 12.3. The van der Waals surface area contributed by atoms with Gasteiger partial charge in [-0.15, -0.1) is 0 Å². The van der Waals surface area contributed by atoms with Crippen molar-refractivity contribution < 1.29 is 4.52 Å². The molecule has 0 saturated heterocycles. The maximum Gasteiger partial charge on any atom is 0.232 e. The van der Waals surface area contributed by atoms with Gasteiger partial charge in [0.25, 0.3) is 0 Å². The summed E-state index contributed by atoms with van der Waals surface area (Å²) < 4.78 is 5.99. The summed E-state index contributed by atoms with van der Waals surface area (Å²) >= 11 is 2.10. The van der Waals surface area contributed by atoms with Crippen molar-refractivity contribution in [1.29, 1.82) is 0 Å². The standard InChI is InChI=1S/C12H19IN2O/c1-2-3-4-9-5-7-10(8-6-9)11-14-12(13)15-16-11/h9-10H,2-8H2,1H3. The second kappa shape index (κ2) is 5.98. The van der Waals surface area contributed by atoms with E-state index in [-0.39, 0.29) is 0 Å². The summed E-state index contributed by atoms with van der Waals surface area (Å²) in [6, 6.07) is 0. The Kier molecular flexibility index (Phi) is 4.61. The third-order valence-corrected chi connectivity index (χ3v) is 4.02. The van der Waals surface area contributed by atoms with Gasteiger partial charge >= 0.3 is 0 Å². The predicted octanol–water partition coefficient (Wildman–Crippen LogP) is 4.14. The lowest BCUT2D eigenvalue weighted by Crippen LogP contribution is -2.13. The molecule has 1 fully saturated rings. The van der Waals surface area contributed by atoms with Crippen molar-refractivity contribution in [1.82, 2.24) is 10.1 Å². The van der Waals surface area contributed by atoms with Crippen LogP contribution in [-0.2, 0) is 0 Å². The smallest absolute Gasteiger partial charge is 0.232 e. The van der Waals surface area contributed by atoms with Crippen LogP contribution in [0, 0.1) is 9.75 Å². The molecule has 90 valence electrons. The highest BCUT2D eigenvalue weighted by Gasteiger charge is 2.25. The molecule has 4 heteroatoms. The van der Waals surface area contributed by atoms with Crippen molar-refractivity contribution in [2.75, 3.05) is 0 Å². The third-order valence-electron chi connectivity index (χ3n) is 3.58. The zero-order valence-corrected chi connectivity index (χ0v) is 11.9. The second-order valence-corrected chi connectivity index (χ2v) is 5.73. The summed E-state index contributed by atoms with van der Waals surface area (Å²) in [4.78, 5) is 4.33. The molecule has 0 spiro atoms. The van der Waals surface area contributed by atoms with Crippen LogP contribution in [-0.4, -0.2) is 10.1 Å². The van der Waals surface area contributed by atoms with Crippen molar-refractivity contribution in [3.63, 3.8) is 0 Å². The largest absolute Gasteiger partial charge is 0.338 e. The molecule has 1 saturated carbocycles. The Morgan fingerprint density at radius 3 is 2.62 bits per heavy atom. The number of aromatic nitrogens is 2. The minimum Gasteiger partial charge on any atom is -0.338 e. The Balaban J connectivity index is 1.81. The lowest BCUT2D eigenvalue weighted by Gasteiger charge is -2.26. The molecule has 16 heavy (non-hydrogen) atoms. The van der Waals surface area contributed by atoms with E-state index < -0.39 is 0 Å². The van der Waals surface area contributed by atoms with Gasteiger partial charge in [-0.05, 0) is 31.6 Å². The quantitative estimate of drug-likeness (QED) is 0.777. The van der Waals surface area contributed by atoms with E-state index in [4.69, 9.17) is 4.52 Å². The first-order valence-corrected chi connectivity index (χ1v) is 7.36. The van der Waals surface area contributed by atoms with Gasteiger partial charge in [-0.25, -0.2) is 0 Å². The average Bonchev–Trinajstić information content (AvgIpc) is 2.74. The summed E-state index contributed by atoms with van der Waals surface area (Å²) in [6.45, 7) is 2.27. The molecule has 1 aromatic heterocycles. The summed E-state index contributed by atoms with van der Waals surface area (Å²) in [5, 5.41) is 3.86. The highest BCUT2D eigenvalue weighted by Crippen LogP contribution is 2.36. The number of rotatable bonds is 4. The van der Waals surface area contributed by atoms with E-state index in [2.05, 4.69) is 39.7 Å². The normalized spacial score (nSPS) is 25.9. The molecular formula is C12H19IN2O. The Morgan fingerprint density at radius 2 is 2.06 bits per heavy atom. The fraction of sp³-hybridized carbons (Fsp3) is 0.833. The van der Waals surface area contributed by atoms with E-state index in [1.807, 2.05) is 0 Å². The Labute approximate surface area is 111 Å². The van der Waals surface area contributed by atoms with Gasteiger partial charge in [0.1, 0.15) is 0 Å². The Hall–Kier alpha value is -0.130. The topological polar surface area (TPSA) is 38.9 Å². The SMILES string of the molecule is CCCCC1CCC(c2nc(I)no2)CC1. The van der Waals surface area contributed by atoms with Crippen LogP contribution in [0.5, 0.6) is 0 Å². The lowest BCUT2D eigenvalue weighted by molar-refractivity contribution is 0.260. The number of hydrogen-bond donors (Lipinski definition) is 0. The van der Waals surface area contributed by atoms with E-state index in [1.54, 1.807) is 0 Å². The van der Waals surface area contributed by atoms with Crippen molar-refractivity contribution in [3.05, 3.63) is 9.72 Å². The van der Waals surface area contributed by atoms with E-state index in [0.717, 1.165) is 15.6 Å². The molecule has 0 aromatic carbocycles. The molecule has 1 aliphatic carbocycles. The molecule has 3 nitrogen and oxygen atoms in total. The monoisotopic (exact) mass is 334 g/mol. The molecule has 0 radical (unpaired) electrons. The summed E-state index contributed by atoms with van der Waals surface area (Å²) in [5.41, 5.74) is 0. The molecule has 0 amide bonds. The molecule has 1 aromatic rings. The zero-order valence-electron chi connectivity index (χ0n) is 9.79. The maximum atomic E-state index is 5.25. The summed E-state index contributed by atoms with van der Waals surface area (Å²) in [5.74, 6) is 2.32. The van der Waals surface area contributed by atoms with Gasteiger partial charge in [0.2, 0.25) is 9.72 Å². The number of nitrogens with zero attached hydrogens (tertiary/aromatic N) is 2. The van der Waals surface area contributed by atoms with Crippen molar-refractivity contribution >= 4 is 22.6 Å². The first-order chi connectivity index (χ1) is 7.79. The van der Waals surface area contributed by atoms with Crippen molar-refractivity contribution in [3.8, 4) is 0 Å². The molecular weight excluding hydrogens is 315 g/mol. The molecule has 0 atom stereocenters. The van der Waals surface area contributed by atoms with Gasteiger partial charge in [0.05, 0.1) is 0 Å². The minimum absolute atomic E-state index is 0.522. The molecule has 0 unspecified atom stereocenters. The van der Waals surface area contributed by atoms with E-state index in [0.29, 0.717) is 5.92 Å². The number of unbranched alkanes of at least 4 members (excludes halogenated alkanes) is 1.